The minimum absolute atomic E-state index is 0.0172. The van der Waals surface area contributed by atoms with Crippen LogP contribution in [-0.2, 0) is 6.54 Å². The van der Waals surface area contributed by atoms with Gasteiger partial charge in [-0.25, -0.2) is 0 Å². The Morgan fingerprint density at radius 1 is 0.966 bits per heavy atom. The van der Waals surface area contributed by atoms with Gasteiger partial charge in [-0.3, -0.25) is 9.69 Å². The van der Waals surface area contributed by atoms with Crippen LogP contribution in [0, 0.1) is 0 Å². The van der Waals surface area contributed by atoms with E-state index in [0.29, 0.717) is 38.3 Å². The highest BCUT2D eigenvalue weighted by atomic mass is 19.4. The lowest BCUT2D eigenvalue weighted by atomic mass is 10.1. The summed E-state index contributed by atoms with van der Waals surface area (Å²) in [6.45, 7) is 3.27. The van der Waals surface area contributed by atoms with Crippen LogP contribution in [0.25, 0.3) is 0 Å². The molecule has 0 atom stereocenters. The first-order chi connectivity index (χ1) is 13.7. The van der Waals surface area contributed by atoms with Gasteiger partial charge in [0.05, 0.1) is 0 Å². The van der Waals surface area contributed by atoms with Crippen molar-refractivity contribution in [2.45, 2.75) is 12.9 Å². The van der Waals surface area contributed by atoms with Crippen LogP contribution in [0.3, 0.4) is 0 Å². The lowest BCUT2D eigenvalue weighted by Gasteiger charge is -2.35. The third kappa shape index (κ3) is 5.87. The molecular formula is C21H24F3N3O2. The molecule has 1 amide bonds. The van der Waals surface area contributed by atoms with Crippen LogP contribution in [0.1, 0.15) is 15.9 Å². The summed E-state index contributed by atoms with van der Waals surface area (Å²) >= 11 is 0. The molecule has 1 fully saturated rings. The molecule has 0 radical (unpaired) electrons. The van der Waals surface area contributed by atoms with Crippen molar-refractivity contribution in [1.82, 2.24) is 9.80 Å². The van der Waals surface area contributed by atoms with E-state index in [-0.39, 0.29) is 11.7 Å². The number of carbonyl (C=O) groups excluding carboxylic acids is 1. The quantitative estimate of drug-likeness (QED) is 0.759. The molecule has 1 heterocycles. The molecule has 1 saturated heterocycles. The first-order valence-corrected chi connectivity index (χ1v) is 9.35. The third-order valence-corrected chi connectivity index (χ3v) is 4.85. The maximum Gasteiger partial charge on any atom is 0.573 e. The molecule has 29 heavy (non-hydrogen) atoms. The zero-order chi connectivity index (χ0) is 21.0. The van der Waals surface area contributed by atoms with E-state index >= 15 is 0 Å². The first kappa shape index (κ1) is 21.0. The van der Waals surface area contributed by atoms with Crippen molar-refractivity contribution in [2.75, 3.05) is 45.2 Å². The zero-order valence-electron chi connectivity index (χ0n) is 16.4. The summed E-state index contributed by atoms with van der Waals surface area (Å²) < 4.78 is 40.6. The van der Waals surface area contributed by atoms with Gasteiger partial charge in [0.2, 0.25) is 0 Å². The van der Waals surface area contributed by atoms with E-state index in [2.05, 4.69) is 9.64 Å². The number of alkyl halides is 3. The Morgan fingerprint density at radius 3 is 2.07 bits per heavy atom. The fourth-order valence-corrected chi connectivity index (χ4v) is 3.25. The van der Waals surface area contributed by atoms with Crippen LogP contribution in [-0.4, -0.2) is 62.3 Å². The second-order valence-electron chi connectivity index (χ2n) is 7.20. The molecule has 0 N–H and O–H groups in total. The Bertz CT molecular complexity index is 813. The van der Waals surface area contributed by atoms with Crippen molar-refractivity contribution in [3.63, 3.8) is 0 Å². The molecule has 3 rings (SSSR count). The number of hydrogen-bond acceptors (Lipinski definition) is 4. The fraction of sp³-hybridized carbons (Fsp3) is 0.381. The second kappa shape index (κ2) is 8.73. The van der Waals surface area contributed by atoms with Gasteiger partial charge < -0.3 is 14.5 Å². The molecule has 0 unspecified atom stereocenters. The molecule has 0 spiro atoms. The first-order valence-electron chi connectivity index (χ1n) is 9.35. The normalized spacial score (nSPS) is 15.3. The predicted octanol–water partition coefficient (Wildman–Crippen LogP) is 3.61. The predicted molar refractivity (Wildman–Crippen MR) is 105 cm³/mol. The Morgan fingerprint density at radius 2 is 1.55 bits per heavy atom. The van der Waals surface area contributed by atoms with Gasteiger partial charge in [0.25, 0.3) is 5.91 Å². The molecule has 0 aliphatic carbocycles. The monoisotopic (exact) mass is 407 g/mol. The van der Waals surface area contributed by atoms with Crippen molar-refractivity contribution < 1.29 is 22.7 Å². The largest absolute Gasteiger partial charge is 0.573 e. The van der Waals surface area contributed by atoms with Gasteiger partial charge in [-0.1, -0.05) is 12.1 Å². The average Bonchev–Trinajstić information content (AvgIpc) is 2.68. The molecule has 2 aromatic rings. The number of hydrogen-bond donors (Lipinski definition) is 0. The number of benzene rings is 2. The zero-order valence-corrected chi connectivity index (χ0v) is 16.4. The smallest absolute Gasteiger partial charge is 0.406 e. The van der Waals surface area contributed by atoms with Crippen LogP contribution in [0.2, 0.25) is 0 Å². The van der Waals surface area contributed by atoms with Crippen LogP contribution in [0.5, 0.6) is 5.75 Å². The summed E-state index contributed by atoms with van der Waals surface area (Å²) in [6.07, 6.45) is -4.68. The van der Waals surface area contributed by atoms with Crippen LogP contribution >= 0.6 is 0 Å². The minimum atomic E-state index is -4.68. The van der Waals surface area contributed by atoms with Gasteiger partial charge in [-0.2, -0.15) is 0 Å². The molecule has 156 valence electrons. The summed E-state index contributed by atoms with van der Waals surface area (Å²) in [5.74, 6) is -0.208. The number of nitrogens with zero attached hydrogens (tertiary/aromatic N) is 3. The molecule has 1 aliphatic heterocycles. The van der Waals surface area contributed by atoms with Crippen LogP contribution < -0.4 is 9.64 Å². The number of piperazine rings is 1. The number of carbonyl (C=O) groups is 1. The van der Waals surface area contributed by atoms with E-state index in [0.717, 1.165) is 11.3 Å². The van der Waals surface area contributed by atoms with Crippen molar-refractivity contribution in [1.29, 1.82) is 0 Å². The lowest BCUT2D eigenvalue weighted by molar-refractivity contribution is -0.274. The third-order valence-electron chi connectivity index (χ3n) is 4.85. The van der Waals surface area contributed by atoms with E-state index in [9.17, 15) is 18.0 Å². The van der Waals surface area contributed by atoms with E-state index in [1.54, 1.807) is 12.1 Å². The summed E-state index contributed by atoms with van der Waals surface area (Å²) in [7, 11) is 3.90. The number of rotatable bonds is 5. The number of ether oxygens (including phenoxy) is 1. The lowest BCUT2D eigenvalue weighted by Crippen LogP contribution is -2.48. The molecule has 5 nitrogen and oxygen atoms in total. The minimum Gasteiger partial charge on any atom is -0.406 e. The molecule has 0 aromatic heterocycles. The molecule has 0 bridgehead atoms. The van der Waals surface area contributed by atoms with Gasteiger partial charge in [-0.05, 0) is 42.0 Å². The summed E-state index contributed by atoms with van der Waals surface area (Å²) in [5.41, 5.74) is 2.61. The Hall–Kier alpha value is -2.74. The topological polar surface area (TPSA) is 36.0 Å². The van der Waals surface area contributed by atoms with Gasteiger partial charge >= 0.3 is 6.36 Å². The van der Waals surface area contributed by atoms with Crippen molar-refractivity contribution >= 4 is 11.6 Å². The number of amides is 1. The highest BCUT2D eigenvalue weighted by molar-refractivity contribution is 5.94. The van der Waals surface area contributed by atoms with Crippen LogP contribution in [0.4, 0.5) is 18.9 Å². The Kier molecular flexibility index (Phi) is 6.32. The molecule has 0 saturated carbocycles. The number of anilines is 1. The maximum atomic E-state index is 12.7. The van der Waals surface area contributed by atoms with Gasteiger partial charge in [-0.15, -0.1) is 13.2 Å². The average molecular weight is 407 g/mol. The molecule has 8 heteroatoms. The number of halogens is 3. The molecular weight excluding hydrogens is 383 g/mol. The van der Waals surface area contributed by atoms with Crippen LogP contribution in [0.15, 0.2) is 48.5 Å². The summed E-state index contributed by atoms with van der Waals surface area (Å²) in [6, 6.07) is 13.4. The summed E-state index contributed by atoms with van der Waals surface area (Å²) in [5, 5.41) is 0. The van der Waals surface area contributed by atoms with Crippen molar-refractivity contribution in [3.05, 3.63) is 59.7 Å². The Balaban J connectivity index is 1.50. The van der Waals surface area contributed by atoms with E-state index in [1.807, 2.05) is 48.2 Å². The SMILES string of the molecule is CN(C)c1ccc(C(=O)N2CCN(Cc3ccc(OC(F)(F)F)cc3)CC2)cc1. The van der Waals surface area contributed by atoms with Gasteiger partial charge in [0, 0.05) is 58.1 Å². The van der Waals surface area contributed by atoms with Crippen molar-refractivity contribution in [3.8, 4) is 5.75 Å². The Labute approximate surface area is 168 Å². The van der Waals surface area contributed by atoms with Gasteiger partial charge in [0.1, 0.15) is 5.75 Å². The highest BCUT2D eigenvalue weighted by Crippen LogP contribution is 2.23. The highest BCUT2D eigenvalue weighted by Gasteiger charge is 2.31. The maximum absolute atomic E-state index is 12.7. The standard InChI is InChI=1S/C21H24F3N3O2/c1-25(2)18-7-5-17(6-8-18)20(28)27-13-11-26(12-14-27)15-16-3-9-19(10-4-16)29-21(22,23)24/h3-10H,11-15H2,1-2H3. The van der Waals surface area contributed by atoms with E-state index in [1.165, 1.54) is 12.1 Å². The van der Waals surface area contributed by atoms with E-state index < -0.39 is 6.36 Å². The van der Waals surface area contributed by atoms with Crippen molar-refractivity contribution in [2.24, 2.45) is 0 Å². The second-order valence-corrected chi connectivity index (χ2v) is 7.20. The fourth-order valence-electron chi connectivity index (χ4n) is 3.25. The molecule has 1 aliphatic rings. The van der Waals surface area contributed by atoms with E-state index in [4.69, 9.17) is 0 Å². The summed E-state index contributed by atoms with van der Waals surface area (Å²) in [4.78, 5) is 18.7. The molecule has 2 aromatic carbocycles. The van der Waals surface area contributed by atoms with Gasteiger partial charge in [0.15, 0.2) is 0 Å².